The van der Waals surface area contributed by atoms with Crippen LogP contribution in [0.4, 0.5) is 4.79 Å². The molecule has 2 N–H and O–H groups in total. The lowest BCUT2D eigenvalue weighted by Gasteiger charge is -2.33. The third-order valence-corrected chi connectivity index (χ3v) is 6.60. The van der Waals surface area contributed by atoms with E-state index >= 15 is 0 Å². The Kier molecular flexibility index (Phi) is 7.38. The molecule has 2 aromatic carbocycles. The van der Waals surface area contributed by atoms with Gasteiger partial charge in [0.15, 0.2) is 6.61 Å². The smallest absolute Gasteiger partial charge is 0.344 e. The highest BCUT2D eigenvalue weighted by atomic mass is 16.5. The van der Waals surface area contributed by atoms with Crippen molar-refractivity contribution < 1.29 is 28.7 Å². The number of carbonyl (C=O) groups is 4. The molecule has 1 aliphatic carbocycles. The number of rotatable bonds is 7. The van der Waals surface area contributed by atoms with E-state index in [1.54, 1.807) is 42.5 Å². The minimum absolute atomic E-state index is 0.221. The summed E-state index contributed by atoms with van der Waals surface area (Å²) in [6.45, 7) is 1.43. The Labute approximate surface area is 209 Å². The Morgan fingerprint density at radius 2 is 1.75 bits per heavy atom. The fraction of sp³-hybridized carbons (Fsp3) is 0.333. The van der Waals surface area contributed by atoms with E-state index < -0.39 is 36.0 Å². The van der Waals surface area contributed by atoms with Gasteiger partial charge in [0.1, 0.15) is 11.3 Å². The lowest BCUT2D eigenvalue weighted by Crippen LogP contribution is -2.52. The van der Waals surface area contributed by atoms with Crippen molar-refractivity contribution in [2.45, 2.75) is 38.1 Å². The molecule has 0 bridgehead atoms. The maximum Gasteiger partial charge on any atom is 0.344 e. The first-order chi connectivity index (χ1) is 17.3. The number of para-hydroxylation sites is 1. The summed E-state index contributed by atoms with van der Waals surface area (Å²) in [4.78, 5) is 50.9. The quantitative estimate of drug-likeness (QED) is 0.266. The number of benzene rings is 2. The molecule has 9 heteroatoms. The summed E-state index contributed by atoms with van der Waals surface area (Å²) in [5.74, 6) is -0.970. The molecule has 188 valence electrons. The van der Waals surface area contributed by atoms with E-state index in [1.807, 2.05) is 18.2 Å². The van der Waals surface area contributed by atoms with Crippen LogP contribution in [0.2, 0.25) is 0 Å². The van der Waals surface area contributed by atoms with Crippen molar-refractivity contribution in [3.05, 3.63) is 65.7 Å². The molecule has 1 saturated carbocycles. The van der Waals surface area contributed by atoms with Gasteiger partial charge in [0.05, 0.1) is 12.7 Å². The number of hydrazine groups is 1. The van der Waals surface area contributed by atoms with Crippen molar-refractivity contribution in [2.75, 3.05) is 13.7 Å². The van der Waals surface area contributed by atoms with E-state index in [0.717, 1.165) is 12.8 Å². The first kappa shape index (κ1) is 25.0. The van der Waals surface area contributed by atoms with Gasteiger partial charge in [-0.25, -0.2) is 9.59 Å². The molecule has 1 saturated heterocycles. The lowest BCUT2D eigenvalue weighted by molar-refractivity contribution is -0.146. The van der Waals surface area contributed by atoms with Crippen LogP contribution in [0.25, 0.3) is 11.6 Å². The molecule has 9 nitrogen and oxygen atoms in total. The van der Waals surface area contributed by atoms with Crippen LogP contribution in [0.3, 0.4) is 0 Å². The van der Waals surface area contributed by atoms with Crippen LogP contribution in [0.5, 0.6) is 5.75 Å². The van der Waals surface area contributed by atoms with Crippen molar-refractivity contribution in [1.82, 2.24) is 15.8 Å². The molecular formula is C27H29N3O6. The summed E-state index contributed by atoms with van der Waals surface area (Å²) >= 11 is 0. The van der Waals surface area contributed by atoms with E-state index in [4.69, 9.17) is 9.47 Å². The average molecular weight is 492 g/mol. The maximum atomic E-state index is 13.0. The highest BCUT2D eigenvalue weighted by Crippen LogP contribution is 2.35. The number of carbonyl (C=O) groups excluding carboxylic acids is 4. The molecule has 1 spiro atoms. The fourth-order valence-corrected chi connectivity index (χ4v) is 4.50. The maximum absolute atomic E-state index is 13.0. The third-order valence-electron chi connectivity index (χ3n) is 6.60. The predicted octanol–water partition coefficient (Wildman–Crippen LogP) is 3.31. The first-order valence-electron chi connectivity index (χ1n) is 11.9. The van der Waals surface area contributed by atoms with Gasteiger partial charge in [-0.05, 0) is 49.3 Å². The fourth-order valence-electron chi connectivity index (χ4n) is 4.50. The Hall–Kier alpha value is -4.14. The average Bonchev–Trinajstić information content (AvgIpc) is 3.12. The minimum Gasteiger partial charge on any atom is -0.496 e. The second-order valence-corrected chi connectivity index (χ2v) is 9.11. The van der Waals surface area contributed by atoms with Crippen molar-refractivity contribution in [3.63, 3.8) is 0 Å². The third kappa shape index (κ3) is 5.25. The highest BCUT2D eigenvalue weighted by Gasteiger charge is 2.52. The summed E-state index contributed by atoms with van der Waals surface area (Å²) in [6, 6.07) is 15.4. The zero-order valence-corrected chi connectivity index (χ0v) is 20.3. The second kappa shape index (κ2) is 10.6. The molecule has 0 aromatic heterocycles. The van der Waals surface area contributed by atoms with E-state index in [1.165, 1.54) is 7.11 Å². The standard InChI is InChI=1S/C27H29N3O6/c1-18-12-14-27(15-13-18)25(33)30(26(34)28-27)29-23(31)17-36-24(32)21(19-8-4-3-5-9-19)16-20-10-6-7-11-22(20)35-2/h3-11,16,18H,12-15,17H2,1-2H3,(H,28,34)(H,29,31)/b21-16+. The van der Waals surface area contributed by atoms with Crippen LogP contribution >= 0.6 is 0 Å². The van der Waals surface area contributed by atoms with Gasteiger partial charge in [0, 0.05) is 5.56 Å². The molecular weight excluding hydrogens is 462 g/mol. The summed E-state index contributed by atoms with van der Waals surface area (Å²) in [7, 11) is 1.53. The van der Waals surface area contributed by atoms with Gasteiger partial charge in [-0.15, -0.1) is 0 Å². The summed E-state index contributed by atoms with van der Waals surface area (Å²) in [6.07, 6.45) is 4.29. The van der Waals surface area contributed by atoms with Gasteiger partial charge in [-0.1, -0.05) is 55.5 Å². The topological polar surface area (TPSA) is 114 Å². The number of methoxy groups -OCH3 is 1. The normalized spacial score (nSPS) is 21.8. The number of hydrogen-bond donors (Lipinski definition) is 2. The second-order valence-electron chi connectivity index (χ2n) is 9.11. The Morgan fingerprint density at radius 1 is 1.08 bits per heavy atom. The molecule has 36 heavy (non-hydrogen) atoms. The van der Waals surface area contributed by atoms with E-state index in [9.17, 15) is 19.2 Å². The molecule has 0 atom stereocenters. The number of esters is 1. The minimum atomic E-state index is -0.981. The molecule has 1 aliphatic heterocycles. The van der Waals surface area contributed by atoms with Crippen molar-refractivity contribution >= 4 is 35.5 Å². The van der Waals surface area contributed by atoms with Crippen LogP contribution < -0.4 is 15.5 Å². The summed E-state index contributed by atoms with van der Waals surface area (Å²) in [5, 5.41) is 3.42. The summed E-state index contributed by atoms with van der Waals surface area (Å²) in [5.41, 5.74) is 2.77. The molecule has 1 heterocycles. The van der Waals surface area contributed by atoms with Crippen LogP contribution in [0, 0.1) is 5.92 Å². The summed E-state index contributed by atoms with van der Waals surface area (Å²) < 4.78 is 10.6. The zero-order valence-electron chi connectivity index (χ0n) is 20.3. The number of imide groups is 1. The Balaban J connectivity index is 1.44. The number of nitrogens with one attached hydrogen (secondary N) is 2. The van der Waals surface area contributed by atoms with Gasteiger partial charge in [0.25, 0.3) is 11.8 Å². The molecule has 4 rings (SSSR count). The Morgan fingerprint density at radius 3 is 2.44 bits per heavy atom. The molecule has 2 fully saturated rings. The number of ether oxygens (including phenoxy) is 2. The van der Waals surface area contributed by atoms with Crippen molar-refractivity contribution in [2.24, 2.45) is 5.92 Å². The monoisotopic (exact) mass is 491 g/mol. The van der Waals surface area contributed by atoms with Gasteiger partial charge in [-0.3, -0.25) is 15.0 Å². The first-order valence-corrected chi connectivity index (χ1v) is 11.9. The largest absolute Gasteiger partial charge is 0.496 e. The predicted molar refractivity (Wildman–Crippen MR) is 132 cm³/mol. The Bertz CT molecular complexity index is 1190. The van der Waals surface area contributed by atoms with Crippen LogP contribution in [0.15, 0.2) is 54.6 Å². The zero-order chi connectivity index (χ0) is 25.7. The molecule has 0 unspecified atom stereocenters. The molecule has 0 radical (unpaired) electrons. The number of amides is 4. The SMILES string of the molecule is COc1ccccc1/C=C(/C(=O)OCC(=O)NN1C(=O)NC2(CCC(C)CC2)C1=O)c1ccccc1. The number of hydrogen-bond acceptors (Lipinski definition) is 6. The van der Waals surface area contributed by atoms with Gasteiger partial charge in [-0.2, -0.15) is 5.01 Å². The number of nitrogens with zero attached hydrogens (tertiary/aromatic N) is 1. The number of urea groups is 1. The van der Waals surface area contributed by atoms with Crippen molar-refractivity contribution in [3.8, 4) is 5.75 Å². The molecule has 4 amide bonds. The van der Waals surface area contributed by atoms with Gasteiger partial charge >= 0.3 is 12.0 Å². The van der Waals surface area contributed by atoms with Crippen LogP contribution in [-0.4, -0.2) is 48.1 Å². The van der Waals surface area contributed by atoms with E-state index in [2.05, 4.69) is 17.7 Å². The van der Waals surface area contributed by atoms with Gasteiger partial charge in [0.2, 0.25) is 0 Å². The van der Waals surface area contributed by atoms with Crippen LogP contribution in [0.1, 0.15) is 43.7 Å². The lowest BCUT2D eigenvalue weighted by atomic mass is 9.77. The van der Waals surface area contributed by atoms with E-state index in [-0.39, 0.29) is 5.57 Å². The van der Waals surface area contributed by atoms with Gasteiger partial charge < -0.3 is 14.8 Å². The van der Waals surface area contributed by atoms with E-state index in [0.29, 0.717) is 40.6 Å². The van der Waals surface area contributed by atoms with Crippen molar-refractivity contribution in [1.29, 1.82) is 0 Å². The molecule has 2 aromatic rings. The molecule has 2 aliphatic rings. The highest BCUT2D eigenvalue weighted by molar-refractivity contribution is 6.22. The van der Waals surface area contributed by atoms with Crippen LogP contribution in [-0.2, 0) is 19.1 Å².